The van der Waals surface area contributed by atoms with Gasteiger partial charge in [0.1, 0.15) is 6.61 Å². The third kappa shape index (κ3) is 3.39. The van der Waals surface area contributed by atoms with Crippen LogP contribution in [0.2, 0.25) is 0 Å². The first-order chi connectivity index (χ1) is 11.2. The van der Waals surface area contributed by atoms with Crippen LogP contribution >= 0.6 is 15.9 Å². The Morgan fingerprint density at radius 1 is 1.21 bits per heavy atom. The van der Waals surface area contributed by atoms with Crippen molar-refractivity contribution in [3.8, 4) is 0 Å². The maximum atomic E-state index is 12.2. The van der Waals surface area contributed by atoms with E-state index in [0.717, 1.165) is 16.7 Å². The van der Waals surface area contributed by atoms with Crippen LogP contribution in [-0.2, 0) is 19.4 Å². The molecule has 24 heavy (non-hydrogen) atoms. The minimum Gasteiger partial charge on any atom is -0.457 e. The lowest BCUT2D eigenvalue weighted by molar-refractivity contribution is -0.135. The first-order valence-corrected chi connectivity index (χ1v) is 10.1. The Hall–Kier alpha value is -1.66. The Balaban J connectivity index is 2.04. The van der Waals surface area contributed by atoms with Gasteiger partial charge in [0.05, 0.1) is 10.5 Å². The van der Waals surface area contributed by atoms with Gasteiger partial charge in [0.2, 0.25) is 0 Å². The molecule has 1 heterocycles. The van der Waals surface area contributed by atoms with Crippen molar-refractivity contribution in [1.29, 1.82) is 0 Å². The number of hydrogen-bond acceptors (Lipinski definition) is 4. The number of carbonyl (C=O) groups excluding carboxylic acids is 1. The van der Waals surface area contributed by atoms with Crippen LogP contribution in [0.5, 0.6) is 0 Å². The minimum absolute atomic E-state index is 0.196. The highest BCUT2D eigenvalue weighted by molar-refractivity contribution is 9.10. The van der Waals surface area contributed by atoms with Gasteiger partial charge in [-0.3, -0.25) is 0 Å². The Morgan fingerprint density at radius 2 is 1.88 bits per heavy atom. The summed E-state index contributed by atoms with van der Waals surface area (Å²) in [5.41, 5.74) is 3.10. The zero-order valence-electron chi connectivity index (χ0n) is 13.4. The molecule has 2 aliphatic rings. The van der Waals surface area contributed by atoms with E-state index < -0.39 is 9.84 Å². The lowest BCUT2D eigenvalue weighted by atomic mass is 9.87. The highest BCUT2D eigenvalue weighted by atomic mass is 79.9. The predicted octanol–water partition coefficient (Wildman–Crippen LogP) is 3.44. The van der Waals surface area contributed by atoms with E-state index in [1.54, 1.807) is 24.3 Å². The summed E-state index contributed by atoms with van der Waals surface area (Å²) in [4.78, 5) is 12.5. The SMILES string of the molecule is CC1(Br)C=CC=C(C2=C(c3ccc(S(C)(=O)=O)cc3)COC2=O)C1. The molecule has 1 atom stereocenters. The van der Waals surface area contributed by atoms with Gasteiger partial charge in [-0.25, -0.2) is 13.2 Å². The molecule has 0 N–H and O–H groups in total. The number of allylic oxidation sites excluding steroid dienone is 3. The third-order valence-electron chi connectivity index (χ3n) is 4.08. The second-order valence-electron chi connectivity index (χ2n) is 6.23. The zero-order valence-corrected chi connectivity index (χ0v) is 15.8. The van der Waals surface area contributed by atoms with Gasteiger partial charge in [-0.2, -0.15) is 0 Å². The molecule has 6 heteroatoms. The van der Waals surface area contributed by atoms with Crippen molar-refractivity contribution >= 4 is 37.3 Å². The highest BCUT2D eigenvalue weighted by Gasteiger charge is 2.32. The van der Waals surface area contributed by atoms with Crippen LogP contribution in [0.3, 0.4) is 0 Å². The molecule has 0 fully saturated rings. The van der Waals surface area contributed by atoms with E-state index in [1.165, 1.54) is 6.26 Å². The number of sulfone groups is 1. The van der Waals surface area contributed by atoms with E-state index >= 15 is 0 Å². The second kappa shape index (κ2) is 6.01. The van der Waals surface area contributed by atoms with Gasteiger partial charge in [0.15, 0.2) is 9.84 Å². The number of rotatable bonds is 3. The minimum atomic E-state index is -3.24. The molecule has 1 aromatic carbocycles. The number of carbonyl (C=O) groups is 1. The summed E-state index contributed by atoms with van der Waals surface area (Å²) >= 11 is 3.64. The van der Waals surface area contributed by atoms with E-state index in [1.807, 2.05) is 25.2 Å². The summed E-state index contributed by atoms with van der Waals surface area (Å²) in [6.45, 7) is 2.24. The fourth-order valence-corrected chi connectivity index (χ4v) is 3.97. The summed E-state index contributed by atoms with van der Waals surface area (Å²) in [6.07, 6.45) is 7.74. The topological polar surface area (TPSA) is 60.4 Å². The van der Waals surface area contributed by atoms with Gasteiger partial charge in [0, 0.05) is 16.2 Å². The van der Waals surface area contributed by atoms with Crippen LogP contribution in [0.25, 0.3) is 5.57 Å². The molecule has 0 saturated carbocycles. The number of benzene rings is 1. The quantitative estimate of drug-likeness (QED) is 0.567. The monoisotopic (exact) mass is 408 g/mol. The smallest absolute Gasteiger partial charge is 0.339 e. The third-order valence-corrected chi connectivity index (χ3v) is 5.76. The van der Waals surface area contributed by atoms with Gasteiger partial charge in [-0.1, -0.05) is 46.3 Å². The van der Waals surface area contributed by atoms with Crippen molar-refractivity contribution in [2.75, 3.05) is 12.9 Å². The van der Waals surface area contributed by atoms with Gasteiger partial charge in [-0.15, -0.1) is 0 Å². The molecule has 0 amide bonds. The van der Waals surface area contributed by atoms with Crippen molar-refractivity contribution in [2.24, 2.45) is 0 Å². The molecule has 1 aliphatic carbocycles. The summed E-state index contributed by atoms with van der Waals surface area (Å²) in [5, 5.41) is 0. The number of ether oxygens (including phenoxy) is 1. The highest BCUT2D eigenvalue weighted by Crippen LogP contribution is 2.39. The van der Waals surface area contributed by atoms with Crippen molar-refractivity contribution in [3.63, 3.8) is 0 Å². The molecule has 0 saturated heterocycles. The van der Waals surface area contributed by atoms with Gasteiger partial charge >= 0.3 is 5.97 Å². The Morgan fingerprint density at radius 3 is 2.46 bits per heavy atom. The first-order valence-electron chi connectivity index (χ1n) is 7.46. The van der Waals surface area contributed by atoms with E-state index in [9.17, 15) is 13.2 Å². The predicted molar refractivity (Wildman–Crippen MR) is 96.6 cm³/mol. The van der Waals surface area contributed by atoms with Gasteiger partial charge in [-0.05, 0) is 36.6 Å². The average molecular weight is 409 g/mol. The van der Waals surface area contributed by atoms with Crippen LogP contribution in [0, 0.1) is 0 Å². The van der Waals surface area contributed by atoms with Crippen LogP contribution in [0.4, 0.5) is 0 Å². The standard InChI is InChI=1S/C18H17BrO4S/c1-18(19)9-3-4-13(10-18)16-15(11-23-17(16)20)12-5-7-14(8-6-12)24(2,21)22/h3-9H,10-11H2,1-2H3. The van der Waals surface area contributed by atoms with Crippen LogP contribution < -0.4 is 0 Å². The van der Waals surface area contributed by atoms with Gasteiger partial charge < -0.3 is 4.74 Å². The summed E-state index contributed by atoms with van der Waals surface area (Å²) in [5.74, 6) is -0.331. The molecule has 0 spiro atoms. The first kappa shape index (κ1) is 17.2. The summed E-state index contributed by atoms with van der Waals surface area (Å²) in [6, 6.07) is 6.56. The zero-order chi connectivity index (χ0) is 17.5. The molecule has 1 aromatic rings. The molecule has 1 unspecified atom stereocenters. The fourth-order valence-electron chi connectivity index (χ4n) is 2.89. The fraction of sp³-hybridized carbons (Fsp3) is 0.278. The van der Waals surface area contributed by atoms with Crippen molar-refractivity contribution < 1.29 is 17.9 Å². The van der Waals surface area contributed by atoms with Crippen molar-refractivity contribution in [3.05, 3.63) is 59.2 Å². The second-order valence-corrected chi connectivity index (χ2v) is 10.1. The van der Waals surface area contributed by atoms with Gasteiger partial charge in [0.25, 0.3) is 0 Å². The molecular formula is C18H17BrO4S. The van der Waals surface area contributed by atoms with E-state index in [4.69, 9.17) is 4.74 Å². The molecular weight excluding hydrogens is 392 g/mol. The molecule has 3 rings (SSSR count). The number of hydrogen-bond donors (Lipinski definition) is 0. The maximum Gasteiger partial charge on any atom is 0.339 e. The van der Waals surface area contributed by atoms with E-state index in [-0.39, 0.29) is 21.8 Å². The maximum absolute atomic E-state index is 12.2. The van der Waals surface area contributed by atoms with Crippen LogP contribution in [0.15, 0.2) is 58.5 Å². The lowest BCUT2D eigenvalue weighted by Gasteiger charge is -2.23. The normalized spacial score (nSPS) is 24.1. The Labute approximate surface area is 149 Å². The molecule has 0 radical (unpaired) electrons. The number of esters is 1. The van der Waals surface area contributed by atoms with E-state index in [2.05, 4.69) is 15.9 Å². The lowest BCUT2D eigenvalue weighted by Crippen LogP contribution is -2.17. The number of cyclic esters (lactones) is 1. The summed E-state index contributed by atoms with van der Waals surface area (Å²) in [7, 11) is -3.24. The Bertz CT molecular complexity index is 887. The van der Waals surface area contributed by atoms with Crippen molar-refractivity contribution in [2.45, 2.75) is 22.6 Å². The number of alkyl halides is 1. The molecule has 0 bridgehead atoms. The largest absolute Gasteiger partial charge is 0.457 e. The Kier molecular flexibility index (Phi) is 4.30. The average Bonchev–Trinajstić information content (AvgIpc) is 2.87. The van der Waals surface area contributed by atoms with E-state index in [0.29, 0.717) is 12.0 Å². The molecule has 1 aliphatic heterocycles. The van der Waals surface area contributed by atoms with Crippen LogP contribution in [0.1, 0.15) is 18.9 Å². The van der Waals surface area contributed by atoms with Crippen LogP contribution in [-0.4, -0.2) is 31.6 Å². The molecule has 0 aromatic heterocycles. The number of halogens is 1. The van der Waals surface area contributed by atoms with Crippen molar-refractivity contribution in [1.82, 2.24) is 0 Å². The molecule has 4 nitrogen and oxygen atoms in total. The molecule has 126 valence electrons. The summed E-state index contributed by atoms with van der Waals surface area (Å²) < 4.78 is 28.2.